The molecule has 0 spiro atoms. The Hall–Kier alpha value is -1.93. The Morgan fingerprint density at radius 2 is 1.52 bits per heavy atom. The Morgan fingerprint density at radius 1 is 1.05 bits per heavy atom. The number of nitrogens with one attached hydrogen (secondary N) is 1. The van der Waals surface area contributed by atoms with Gasteiger partial charge in [-0.05, 0) is 25.1 Å². The molecule has 0 saturated carbocycles. The van der Waals surface area contributed by atoms with Gasteiger partial charge in [0, 0.05) is 6.54 Å². The third-order valence-electron chi connectivity index (χ3n) is 2.31. The zero-order chi connectivity index (χ0) is 16.3. The number of halogens is 6. The summed E-state index contributed by atoms with van der Waals surface area (Å²) >= 11 is 0. The Balaban J connectivity index is 3.06. The van der Waals surface area contributed by atoms with Crippen LogP contribution in [0.4, 0.5) is 26.3 Å². The molecule has 0 aliphatic rings. The Morgan fingerprint density at radius 3 is 1.90 bits per heavy atom. The fourth-order valence-electron chi connectivity index (χ4n) is 1.41. The molecule has 21 heavy (non-hydrogen) atoms. The van der Waals surface area contributed by atoms with Crippen LogP contribution in [0.3, 0.4) is 0 Å². The van der Waals surface area contributed by atoms with Crippen LogP contribution < -0.4 is 10.1 Å². The van der Waals surface area contributed by atoms with E-state index in [9.17, 15) is 31.1 Å². The maximum atomic E-state index is 12.6. The fraction of sp³-hybridized carbons (Fsp3) is 0.417. The lowest BCUT2D eigenvalue weighted by Crippen LogP contribution is -2.28. The SMILES string of the molecule is CCNC(=O)COc1cc(C(F)(F)F)cc(C(F)(F)F)c1. The predicted octanol–water partition coefficient (Wildman–Crippen LogP) is 3.24. The summed E-state index contributed by atoms with van der Waals surface area (Å²) in [5.41, 5.74) is -2.99. The van der Waals surface area contributed by atoms with Crippen LogP contribution in [-0.4, -0.2) is 19.1 Å². The van der Waals surface area contributed by atoms with Gasteiger partial charge in [0.1, 0.15) is 5.75 Å². The van der Waals surface area contributed by atoms with Crippen molar-refractivity contribution in [2.45, 2.75) is 19.3 Å². The van der Waals surface area contributed by atoms with Crippen molar-refractivity contribution < 1.29 is 35.9 Å². The summed E-state index contributed by atoms with van der Waals surface area (Å²) in [6.07, 6.45) is -9.91. The third-order valence-corrected chi connectivity index (χ3v) is 2.31. The van der Waals surface area contributed by atoms with Gasteiger partial charge in [0.25, 0.3) is 5.91 Å². The first-order valence-electron chi connectivity index (χ1n) is 5.73. The van der Waals surface area contributed by atoms with Gasteiger partial charge in [-0.25, -0.2) is 0 Å². The second-order valence-corrected chi connectivity index (χ2v) is 3.98. The molecule has 0 aliphatic heterocycles. The van der Waals surface area contributed by atoms with E-state index in [1.54, 1.807) is 6.92 Å². The van der Waals surface area contributed by atoms with Crippen LogP contribution in [0.2, 0.25) is 0 Å². The molecule has 1 N–H and O–H groups in total. The minimum Gasteiger partial charge on any atom is -0.484 e. The minimum atomic E-state index is -4.95. The van der Waals surface area contributed by atoms with Gasteiger partial charge < -0.3 is 10.1 Å². The molecule has 0 radical (unpaired) electrons. The van der Waals surface area contributed by atoms with Crippen LogP contribution in [0, 0.1) is 0 Å². The standard InChI is InChI=1S/C12H11F6NO2/c1-2-19-10(20)6-21-9-4-7(11(13,14)15)3-8(5-9)12(16,17)18/h3-5H,2,6H2,1H3,(H,19,20). The molecule has 3 nitrogen and oxygen atoms in total. The molecular formula is C12H11F6NO2. The summed E-state index contributed by atoms with van der Waals surface area (Å²) in [5.74, 6) is -1.33. The fourth-order valence-corrected chi connectivity index (χ4v) is 1.41. The van der Waals surface area contributed by atoms with E-state index < -0.39 is 41.7 Å². The van der Waals surface area contributed by atoms with Crippen LogP contribution in [0.15, 0.2) is 18.2 Å². The smallest absolute Gasteiger partial charge is 0.416 e. The van der Waals surface area contributed by atoms with Gasteiger partial charge in [-0.2, -0.15) is 26.3 Å². The Labute approximate surface area is 115 Å². The van der Waals surface area contributed by atoms with E-state index in [-0.39, 0.29) is 12.6 Å². The summed E-state index contributed by atoms with van der Waals surface area (Å²) in [6, 6.07) is 0.807. The van der Waals surface area contributed by atoms with Gasteiger partial charge in [0.2, 0.25) is 0 Å². The van der Waals surface area contributed by atoms with E-state index in [0.29, 0.717) is 12.1 Å². The summed E-state index contributed by atoms with van der Waals surface area (Å²) in [5, 5.41) is 2.30. The van der Waals surface area contributed by atoms with Crippen LogP contribution in [-0.2, 0) is 17.1 Å². The number of alkyl halides is 6. The van der Waals surface area contributed by atoms with Crippen molar-refractivity contribution in [1.29, 1.82) is 0 Å². The quantitative estimate of drug-likeness (QED) is 0.866. The average molecular weight is 315 g/mol. The molecule has 1 amide bonds. The maximum Gasteiger partial charge on any atom is 0.416 e. The molecule has 1 aromatic carbocycles. The molecule has 1 rings (SSSR count). The summed E-state index contributed by atoms with van der Waals surface area (Å²) in [4.78, 5) is 11.1. The van der Waals surface area contributed by atoms with Crippen LogP contribution in [0.25, 0.3) is 0 Å². The van der Waals surface area contributed by atoms with E-state index in [2.05, 4.69) is 10.1 Å². The predicted molar refractivity (Wildman–Crippen MR) is 60.6 cm³/mol. The lowest BCUT2D eigenvalue weighted by Gasteiger charge is -2.14. The monoisotopic (exact) mass is 315 g/mol. The molecular weight excluding hydrogens is 304 g/mol. The summed E-state index contributed by atoms with van der Waals surface area (Å²) in [6.45, 7) is 1.19. The van der Waals surface area contributed by atoms with Crippen molar-refractivity contribution in [2.24, 2.45) is 0 Å². The zero-order valence-corrected chi connectivity index (χ0v) is 10.7. The lowest BCUT2D eigenvalue weighted by molar-refractivity contribution is -0.143. The molecule has 0 unspecified atom stereocenters. The number of benzene rings is 1. The molecule has 0 atom stereocenters. The number of likely N-dealkylation sites (N-methyl/N-ethyl adjacent to an activating group) is 1. The normalized spacial score (nSPS) is 12.1. The molecule has 0 aliphatic carbocycles. The maximum absolute atomic E-state index is 12.6. The highest BCUT2D eigenvalue weighted by Crippen LogP contribution is 2.38. The van der Waals surface area contributed by atoms with E-state index in [1.807, 2.05) is 0 Å². The molecule has 118 valence electrons. The minimum absolute atomic E-state index is 0.0149. The van der Waals surface area contributed by atoms with Crippen molar-refractivity contribution in [3.05, 3.63) is 29.3 Å². The number of carbonyl (C=O) groups is 1. The van der Waals surface area contributed by atoms with E-state index in [0.717, 1.165) is 0 Å². The van der Waals surface area contributed by atoms with Crippen LogP contribution in [0.1, 0.15) is 18.1 Å². The zero-order valence-electron chi connectivity index (χ0n) is 10.7. The molecule has 0 aromatic heterocycles. The molecule has 1 aromatic rings. The number of hydrogen-bond acceptors (Lipinski definition) is 2. The lowest BCUT2D eigenvalue weighted by atomic mass is 10.1. The van der Waals surface area contributed by atoms with Crippen molar-refractivity contribution in [2.75, 3.05) is 13.2 Å². The molecule has 0 saturated heterocycles. The second kappa shape index (κ2) is 6.23. The molecule has 9 heteroatoms. The van der Waals surface area contributed by atoms with E-state index in [4.69, 9.17) is 0 Å². The van der Waals surface area contributed by atoms with Gasteiger partial charge >= 0.3 is 12.4 Å². The topological polar surface area (TPSA) is 38.3 Å². The van der Waals surface area contributed by atoms with Gasteiger partial charge in [0.15, 0.2) is 6.61 Å². The van der Waals surface area contributed by atoms with Gasteiger partial charge in [-0.1, -0.05) is 0 Å². The highest BCUT2D eigenvalue weighted by molar-refractivity contribution is 5.77. The first-order chi connectivity index (χ1) is 9.54. The number of ether oxygens (including phenoxy) is 1. The summed E-state index contributed by atoms with van der Waals surface area (Å²) in [7, 11) is 0. The summed E-state index contributed by atoms with van der Waals surface area (Å²) < 4.78 is 80.0. The molecule has 0 fully saturated rings. The first-order valence-corrected chi connectivity index (χ1v) is 5.73. The first kappa shape index (κ1) is 17.1. The van der Waals surface area contributed by atoms with Crippen molar-refractivity contribution in [3.8, 4) is 5.75 Å². The largest absolute Gasteiger partial charge is 0.484 e. The van der Waals surface area contributed by atoms with Crippen LogP contribution >= 0.6 is 0 Å². The van der Waals surface area contributed by atoms with Gasteiger partial charge in [-0.15, -0.1) is 0 Å². The van der Waals surface area contributed by atoms with E-state index in [1.165, 1.54) is 0 Å². The third kappa shape index (κ3) is 5.16. The number of rotatable bonds is 4. The van der Waals surface area contributed by atoms with Crippen LogP contribution in [0.5, 0.6) is 5.75 Å². The average Bonchev–Trinajstić information content (AvgIpc) is 2.34. The second-order valence-electron chi connectivity index (χ2n) is 3.98. The van der Waals surface area contributed by atoms with E-state index >= 15 is 0 Å². The number of carbonyl (C=O) groups excluding carboxylic acids is 1. The van der Waals surface area contributed by atoms with Crippen molar-refractivity contribution in [3.63, 3.8) is 0 Å². The van der Waals surface area contributed by atoms with Crippen molar-refractivity contribution in [1.82, 2.24) is 5.32 Å². The number of hydrogen-bond donors (Lipinski definition) is 1. The molecule has 0 heterocycles. The highest BCUT2D eigenvalue weighted by Gasteiger charge is 2.37. The highest BCUT2D eigenvalue weighted by atomic mass is 19.4. The Bertz CT molecular complexity index is 477. The Kier molecular flexibility index (Phi) is 5.08. The number of amides is 1. The van der Waals surface area contributed by atoms with Crippen molar-refractivity contribution >= 4 is 5.91 Å². The molecule has 0 bridgehead atoms. The van der Waals surface area contributed by atoms with Gasteiger partial charge in [0.05, 0.1) is 11.1 Å². The van der Waals surface area contributed by atoms with Gasteiger partial charge in [-0.3, -0.25) is 4.79 Å².